The largest absolute Gasteiger partial charge is 0.466 e. The Morgan fingerprint density at radius 3 is 2.61 bits per heavy atom. The molecule has 33 heavy (non-hydrogen) atoms. The number of thioether (sulfide) groups is 1. The molecule has 4 nitrogen and oxygen atoms in total. The molecule has 1 aromatic rings. The van der Waals surface area contributed by atoms with E-state index in [0.29, 0.717) is 32.3 Å². The average molecular weight is 475 g/mol. The smallest absolute Gasteiger partial charge is 0.305 e. The summed E-state index contributed by atoms with van der Waals surface area (Å²) in [6.45, 7) is 4.42. The molecule has 0 unspecified atom stereocenters. The molecule has 1 fully saturated rings. The van der Waals surface area contributed by atoms with Gasteiger partial charge >= 0.3 is 5.97 Å². The molecule has 0 aromatic heterocycles. The number of carbonyl (C=O) groups excluding carboxylic acids is 1. The molecule has 0 aliphatic heterocycles. The van der Waals surface area contributed by atoms with Gasteiger partial charge in [-0.15, -0.1) is 11.8 Å². The Labute approximate surface area is 204 Å². The Balaban J connectivity index is 2.06. The highest BCUT2D eigenvalue weighted by atomic mass is 32.2. The van der Waals surface area contributed by atoms with Crippen molar-refractivity contribution in [3.05, 3.63) is 54.6 Å². The Morgan fingerprint density at radius 2 is 1.88 bits per heavy atom. The summed E-state index contributed by atoms with van der Waals surface area (Å²) in [6, 6.07) is 10.2. The Hall–Kier alpha value is -1.56. The number of ether oxygens (including phenoxy) is 1. The summed E-state index contributed by atoms with van der Waals surface area (Å²) < 4.78 is 5.04. The third kappa shape index (κ3) is 10.1. The summed E-state index contributed by atoms with van der Waals surface area (Å²) in [7, 11) is 0. The molecule has 1 aliphatic rings. The molecule has 0 bridgehead atoms. The van der Waals surface area contributed by atoms with Crippen LogP contribution >= 0.6 is 11.8 Å². The van der Waals surface area contributed by atoms with Gasteiger partial charge in [0.1, 0.15) is 0 Å². The van der Waals surface area contributed by atoms with Crippen LogP contribution in [0, 0.1) is 11.8 Å². The highest BCUT2D eigenvalue weighted by Crippen LogP contribution is 2.44. The second-order valence-electron chi connectivity index (χ2n) is 8.84. The Morgan fingerprint density at radius 1 is 1.09 bits per heavy atom. The van der Waals surface area contributed by atoms with Crippen molar-refractivity contribution in [2.24, 2.45) is 11.8 Å². The van der Waals surface area contributed by atoms with Gasteiger partial charge in [-0.1, -0.05) is 62.3 Å². The van der Waals surface area contributed by atoms with Gasteiger partial charge in [-0.25, -0.2) is 0 Å². The maximum Gasteiger partial charge on any atom is 0.305 e. The first-order valence-corrected chi connectivity index (χ1v) is 13.5. The van der Waals surface area contributed by atoms with E-state index in [9.17, 15) is 15.0 Å². The topological polar surface area (TPSA) is 66.8 Å². The van der Waals surface area contributed by atoms with Crippen LogP contribution in [0.5, 0.6) is 0 Å². The second kappa shape index (κ2) is 16.1. The summed E-state index contributed by atoms with van der Waals surface area (Å²) >= 11 is 1.74. The summed E-state index contributed by atoms with van der Waals surface area (Å²) in [5.41, 5.74) is 0. The van der Waals surface area contributed by atoms with Gasteiger partial charge in [-0.2, -0.15) is 0 Å². The third-order valence-electron chi connectivity index (χ3n) is 6.27. The molecule has 1 aromatic carbocycles. The van der Waals surface area contributed by atoms with Crippen molar-refractivity contribution in [3.63, 3.8) is 0 Å². The molecule has 0 spiro atoms. The maximum absolute atomic E-state index is 11.7. The zero-order chi connectivity index (χ0) is 23.9. The molecule has 1 saturated carbocycles. The van der Waals surface area contributed by atoms with E-state index < -0.39 is 12.2 Å². The lowest BCUT2D eigenvalue weighted by atomic mass is 9.86. The summed E-state index contributed by atoms with van der Waals surface area (Å²) in [5.74, 6) is -0.287. The van der Waals surface area contributed by atoms with Gasteiger partial charge in [-0.3, -0.25) is 4.79 Å². The Bertz CT molecular complexity index is 718. The average Bonchev–Trinajstić information content (AvgIpc) is 3.08. The lowest BCUT2D eigenvalue weighted by molar-refractivity contribution is -0.143. The van der Waals surface area contributed by atoms with Gasteiger partial charge in [0, 0.05) is 22.5 Å². The number of benzene rings is 1. The summed E-state index contributed by atoms with van der Waals surface area (Å²) in [4.78, 5) is 12.9. The lowest BCUT2D eigenvalue weighted by Crippen LogP contribution is -2.30. The van der Waals surface area contributed by atoms with Crippen LogP contribution in [0.25, 0.3) is 0 Å². The molecule has 0 heterocycles. The van der Waals surface area contributed by atoms with Gasteiger partial charge in [-0.05, 0) is 63.5 Å². The molecule has 0 saturated heterocycles. The van der Waals surface area contributed by atoms with Crippen molar-refractivity contribution in [1.82, 2.24) is 0 Å². The lowest BCUT2D eigenvalue weighted by Gasteiger charge is -2.29. The SMILES string of the molecule is CCCCC/C=C\C/C=C\[C@H](Sc1ccccc1)[C@@H]1[C@H](CCCC(=O)OCC)[C@H](O)C[C@@H]1O. The van der Waals surface area contributed by atoms with Crippen LogP contribution in [0.3, 0.4) is 0 Å². The highest BCUT2D eigenvalue weighted by Gasteiger charge is 2.44. The van der Waals surface area contributed by atoms with Crippen LogP contribution in [0.2, 0.25) is 0 Å². The fraction of sp³-hybridized carbons (Fsp3) is 0.607. The molecule has 2 rings (SSSR count). The number of aliphatic hydroxyl groups excluding tert-OH is 2. The van der Waals surface area contributed by atoms with E-state index in [0.717, 1.165) is 17.7 Å². The zero-order valence-corrected chi connectivity index (χ0v) is 21.1. The predicted molar refractivity (Wildman–Crippen MR) is 137 cm³/mol. The van der Waals surface area contributed by atoms with Gasteiger partial charge in [0.25, 0.3) is 0 Å². The Kier molecular flexibility index (Phi) is 13.5. The molecule has 1 aliphatic carbocycles. The molecule has 5 heteroatoms. The molecule has 2 N–H and O–H groups in total. The third-order valence-corrected chi connectivity index (χ3v) is 7.56. The number of esters is 1. The van der Waals surface area contributed by atoms with Crippen molar-refractivity contribution in [2.75, 3.05) is 6.61 Å². The molecule has 5 atom stereocenters. The van der Waals surface area contributed by atoms with Crippen LogP contribution in [0.15, 0.2) is 59.5 Å². The molecule has 0 amide bonds. The number of hydrogen-bond donors (Lipinski definition) is 2. The standard InChI is InChI=1S/C28H42O4S/c1-3-5-6-7-8-9-10-14-19-26(33-22-16-12-11-13-17-22)28-23(24(29)21-25(28)30)18-15-20-27(31)32-4-2/h8-9,11-14,16-17,19,23-26,28-30H,3-7,10,15,18,20-21H2,1-2H3/b9-8-,19-14-/t23-,24-,25+,26+,28-/m1/s1. The minimum absolute atomic E-state index is 0.0372. The van der Waals surface area contributed by atoms with E-state index in [2.05, 4.69) is 43.4 Å². The van der Waals surface area contributed by atoms with Crippen molar-refractivity contribution in [1.29, 1.82) is 0 Å². The summed E-state index contributed by atoms with van der Waals surface area (Å²) in [6.07, 6.45) is 15.6. The fourth-order valence-electron chi connectivity index (χ4n) is 4.60. The normalized spacial score (nSPS) is 24.0. The second-order valence-corrected chi connectivity index (χ2v) is 10.1. The molecular formula is C28H42O4S. The number of allylic oxidation sites excluding steroid dienone is 3. The van der Waals surface area contributed by atoms with Gasteiger partial charge < -0.3 is 14.9 Å². The minimum atomic E-state index is -0.553. The first kappa shape index (κ1) is 27.7. The van der Waals surface area contributed by atoms with Gasteiger partial charge in [0.05, 0.1) is 18.8 Å². The van der Waals surface area contributed by atoms with Crippen LogP contribution in [-0.2, 0) is 9.53 Å². The fourth-order valence-corrected chi connectivity index (χ4v) is 5.96. The molecular weight excluding hydrogens is 432 g/mol. The van der Waals surface area contributed by atoms with Crippen molar-refractivity contribution in [3.8, 4) is 0 Å². The first-order valence-electron chi connectivity index (χ1n) is 12.6. The van der Waals surface area contributed by atoms with Gasteiger partial charge in [0.2, 0.25) is 0 Å². The van der Waals surface area contributed by atoms with E-state index >= 15 is 0 Å². The predicted octanol–water partition coefficient (Wildman–Crippen LogP) is 6.32. The van der Waals surface area contributed by atoms with Crippen LogP contribution in [0.1, 0.15) is 71.6 Å². The minimum Gasteiger partial charge on any atom is -0.466 e. The molecule has 0 radical (unpaired) electrons. The number of rotatable bonds is 15. The highest BCUT2D eigenvalue weighted by molar-refractivity contribution is 8.00. The van der Waals surface area contributed by atoms with E-state index in [1.54, 1.807) is 11.8 Å². The van der Waals surface area contributed by atoms with Gasteiger partial charge in [0.15, 0.2) is 0 Å². The van der Waals surface area contributed by atoms with Crippen molar-refractivity contribution in [2.45, 2.75) is 94.0 Å². The number of aliphatic hydroxyl groups is 2. The van der Waals surface area contributed by atoms with Crippen LogP contribution in [0.4, 0.5) is 0 Å². The zero-order valence-electron chi connectivity index (χ0n) is 20.3. The maximum atomic E-state index is 11.7. The van der Waals surface area contributed by atoms with Crippen molar-refractivity contribution < 1.29 is 19.7 Å². The van der Waals surface area contributed by atoms with Crippen molar-refractivity contribution >= 4 is 17.7 Å². The quantitative estimate of drug-likeness (QED) is 0.135. The van der Waals surface area contributed by atoms with E-state index in [-0.39, 0.29) is 23.1 Å². The van der Waals surface area contributed by atoms with E-state index in [1.807, 2.05) is 25.1 Å². The van der Waals surface area contributed by atoms with Crippen LogP contribution in [-0.4, -0.2) is 40.2 Å². The number of unbranched alkanes of at least 4 members (excludes halogenated alkanes) is 3. The van der Waals surface area contributed by atoms with E-state index in [1.165, 1.54) is 19.3 Å². The number of carbonyl (C=O) groups is 1. The first-order chi connectivity index (χ1) is 16.1. The summed E-state index contributed by atoms with van der Waals surface area (Å²) in [5, 5.41) is 21.6. The number of hydrogen-bond acceptors (Lipinski definition) is 5. The monoisotopic (exact) mass is 474 g/mol. The van der Waals surface area contributed by atoms with Crippen LogP contribution < -0.4 is 0 Å². The van der Waals surface area contributed by atoms with E-state index in [4.69, 9.17) is 4.74 Å². The molecule has 184 valence electrons.